The molecule has 1 aliphatic heterocycles. The minimum Gasteiger partial charge on any atom is -0.392 e. The summed E-state index contributed by atoms with van der Waals surface area (Å²) in [4.78, 5) is 0. The highest BCUT2D eigenvalue weighted by molar-refractivity contribution is 8.00. The zero-order chi connectivity index (χ0) is 17.9. The molecule has 1 fully saturated rings. The van der Waals surface area contributed by atoms with E-state index >= 15 is 0 Å². The van der Waals surface area contributed by atoms with Crippen molar-refractivity contribution in [1.29, 1.82) is 0 Å². The fraction of sp³-hybridized carbons (Fsp3) is 0.400. The first-order valence-corrected chi connectivity index (χ1v) is 9.30. The van der Waals surface area contributed by atoms with Crippen molar-refractivity contribution >= 4 is 11.8 Å². The molecular weight excluding hydrogens is 336 g/mol. The van der Waals surface area contributed by atoms with Gasteiger partial charge in [-0.2, -0.15) is 0 Å². The molecule has 2 N–H and O–H groups in total. The Morgan fingerprint density at radius 2 is 1.60 bits per heavy atom. The van der Waals surface area contributed by atoms with Crippen molar-refractivity contribution in [2.45, 2.75) is 36.4 Å². The first-order chi connectivity index (χ1) is 12.2. The molecule has 5 heteroatoms. The van der Waals surface area contributed by atoms with Gasteiger partial charge in [-0.1, -0.05) is 60.7 Å². The lowest BCUT2D eigenvalue weighted by atomic mass is 10.2. The van der Waals surface area contributed by atoms with Gasteiger partial charge in [0.15, 0.2) is 0 Å². The number of methoxy groups -OCH3 is 1. The number of thioether (sulfide) groups is 1. The van der Waals surface area contributed by atoms with Gasteiger partial charge in [0, 0.05) is 12.4 Å². The van der Waals surface area contributed by atoms with E-state index in [0.29, 0.717) is 18.5 Å². The van der Waals surface area contributed by atoms with Gasteiger partial charge in [-0.25, -0.2) is 0 Å². The summed E-state index contributed by atoms with van der Waals surface area (Å²) in [5, 5.41) is 18.5. The molecule has 1 aliphatic rings. The molecule has 0 aliphatic carbocycles. The maximum atomic E-state index is 9.67. The Hall–Kier alpha value is -1.37. The molecule has 0 radical (unpaired) electrons. The van der Waals surface area contributed by atoms with Crippen molar-refractivity contribution in [2.24, 2.45) is 0 Å². The standard InChI is InChI=1S/C13H18O3S.C7H8O/c1-15-13-12(14)7-11(17-13)9-16-8-10-5-3-2-4-6-10;8-6-7-4-2-1-3-5-7/h2-6,11-14H,7-9H2,1H3;1-5,8H,6H2. The Morgan fingerprint density at radius 3 is 2.08 bits per heavy atom. The zero-order valence-corrected chi connectivity index (χ0v) is 15.3. The van der Waals surface area contributed by atoms with Gasteiger partial charge in [0.1, 0.15) is 5.44 Å². The molecule has 0 amide bonds. The Morgan fingerprint density at radius 1 is 1.00 bits per heavy atom. The molecule has 4 nitrogen and oxygen atoms in total. The highest BCUT2D eigenvalue weighted by Gasteiger charge is 2.33. The molecule has 25 heavy (non-hydrogen) atoms. The van der Waals surface area contributed by atoms with E-state index in [4.69, 9.17) is 14.6 Å². The van der Waals surface area contributed by atoms with Gasteiger partial charge < -0.3 is 19.7 Å². The van der Waals surface area contributed by atoms with Crippen molar-refractivity contribution in [3.63, 3.8) is 0 Å². The lowest BCUT2D eigenvalue weighted by molar-refractivity contribution is 0.0424. The van der Waals surface area contributed by atoms with Gasteiger partial charge in [0.25, 0.3) is 0 Å². The predicted molar refractivity (Wildman–Crippen MR) is 101 cm³/mol. The van der Waals surface area contributed by atoms with E-state index in [9.17, 15) is 5.11 Å². The van der Waals surface area contributed by atoms with E-state index < -0.39 is 0 Å². The topological polar surface area (TPSA) is 58.9 Å². The van der Waals surface area contributed by atoms with Gasteiger partial charge in [-0.3, -0.25) is 0 Å². The molecule has 3 unspecified atom stereocenters. The average Bonchev–Trinajstić information content (AvgIpc) is 3.03. The monoisotopic (exact) mass is 362 g/mol. The van der Waals surface area contributed by atoms with E-state index in [2.05, 4.69) is 12.1 Å². The second-order valence-corrected chi connectivity index (χ2v) is 7.21. The smallest absolute Gasteiger partial charge is 0.129 e. The molecule has 2 aromatic rings. The average molecular weight is 362 g/mol. The maximum absolute atomic E-state index is 9.67. The van der Waals surface area contributed by atoms with Crippen molar-refractivity contribution < 1.29 is 19.7 Å². The van der Waals surface area contributed by atoms with Crippen LogP contribution in [0.4, 0.5) is 0 Å². The Kier molecular flexibility index (Phi) is 9.00. The molecule has 0 aromatic heterocycles. The van der Waals surface area contributed by atoms with Gasteiger partial charge in [0.05, 0.1) is 25.9 Å². The van der Waals surface area contributed by atoms with E-state index in [-0.39, 0.29) is 18.1 Å². The van der Waals surface area contributed by atoms with Crippen molar-refractivity contribution in [2.75, 3.05) is 13.7 Å². The SMILES string of the molecule is COC1SC(COCc2ccccc2)CC1O.OCc1ccccc1. The summed E-state index contributed by atoms with van der Waals surface area (Å²) < 4.78 is 10.8. The van der Waals surface area contributed by atoms with Crippen LogP contribution in [0.3, 0.4) is 0 Å². The summed E-state index contributed by atoms with van der Waals surface area (Å²) in [5.74, 6) is 0. The molecule has 1 saturated heterocycles. The van der Waals surface area contributed by atoms with Gasteiger partial charge in [-0.05, 0) is 17.5 Å². The highest BCUT2D eigenvalue weighted by atomic mass is 32.2. The molecular formula is C20H26O4S. The molecule has 1 heterocycles. The summed E-state index contributed by atoms with van der Waals surface area (Å²) in [5.41, 5.74) is 2.05. The van der Waals surface area contributed by atoms with Crippen LogP contribution in [0.25, 0.3) is 0 Å². The second kappa shape index (κ2) is 11.3. The summed E-state index contributed by atoms with van der Waals surface area (Å²) in [6.07, 6.45) is 0.383. The quantitative estimate of drug-likeness (QED) is 0.826. The first kappa shape index (κ1) is 19.9. The van der Waals surface area contributed by atoms with E-state index in [1.165, 1.54) is 5.56 Å². The van der Waals surface area contributed by atoms with E-state index in [1.54, 1.807) is 18.9 Å². The predicted octanol–water partition coefficient (Wildman–Crippen LogP) is 3.22. The van der Waals surface area contributed by atoms with Crippen LogP contribution in [-0.4, -0.2) is 40.7 Å². The Balaban J connectivity index is 0.000000236. The van der Waals surface area contributed by atoms with E-state index in [0.717, 1.165) is 12.0 Å². The third kappa shape index (κ3) is 7.18. The van der Waals surface area contributed by atoms with Crippen molar-refractivity contribution in [3.8, 4) is 0 Å². The highest BCUT2D eigenvalue weighted by Crippen LogP contribution is 2.34. The number of hydrogen-bond donors (Lipinski definition) is 2. The van der Waals surface area contributed by atoms with Crippen LogP contribution in [0.15, 0.2) is 60.7 Å². The lowest BCUT2D eigenvalue weighted by Crippen LogP contribution is -2.18. The molecule has 0 bridgehead atoms. The molecule has 0 spiro atoms. The van der Waals surface area contributed by atoms with E-state index in [1.807, 2.05) is 48.5 Å². The molecule has 136 valence electrons. The Bertz CT molecular complexity index is 579. The molecule has 0 saturated carbocycles. The number of benzene rings is 2. The minimum atomic E-state index is -0.365. The van der Waals surface area contributed by atoms with Crippen LogP contribution in [0.2, 0.25) is 0 Å². The summed E-state index contributed by atoms with van der Waals surface area (Å²) in [6, 6.07) is 19.6. The van der Waals surface area contributed by atoms with Crippen molar-refractivity contribution in [3.05, 3.63) is 71.8 Å². The fourth-order valence-corrected chi connectivity index (χ4v) is 3.77. The third-order valence-electron chi connectivity index (χ3n) is 3.82. The van der Waals surface area contributed by atoms with Crippen LogP contribution in [0, 0.1) is 0 Å². The lowest BCUT2D eigenvalue weighted by Gasteiger charge is -2.11. The number of ether oxygens (including phenoxy) is 2. The summed E-state index contributed by atoms with van der Waals surface area (Å²) in [7, 11) is 1.63. The van der Waals surface area contributed by atoms with Crippen LogP contribution in [-0.2, 0) is 22.7 Å². The molecule has 3 atom stereocenters. The van der Waals surface area contributed by atoms with Gasteiger partial charge in [0.2, 0.25) is 0 Å². The molecule has 3 rings (SSSR count). The van der Waals surface area contributed by atoms with Crippen LogP contribution in [0.1, 0.15) is 17.5 Å². The largest absolute Gasteiger partial charge is 0.392 e. The third-order valence-corrected chi connectivity index (χ3v) is 5.31. The van der Waals surface area contributed by atoms with Crippen LogP contribution < -0.4 is 0 Å². The second-order valence-electron chi connectivity index (χ2n) is 5.81. The number of hydrogen-bond acceptors (Lipinski definition) is 5. The van der Waals surface area contributed by atoms with Crippen LogP contribution >= 0.6 is 11.8 Å². The van der Waals surface area contributed by atoms with Crippen LogP contribution in [0.5, 0.6) is 0 Å². The summed E-state index contributed by atoms with van der Waals surface area (Å²) in [6.45, 7) is 1.43. The summed E-state index contributed by atoms with van der Waals surface area (Å²) >= 11 is 1.66. The number of aliphatic hydroxyl groups excluding tert-OH is 2. The maximum Gasteiger partial charge on any atom is 0.129 e. The van der Waals surface area contributed by atoms with Crippen molar-refractivity contribution in [1.82, 2.24) is 0 Å². The minimum absolute atomic E-state index is 0.0969. The normalized spacial score (nSPS) is 22.3. The molecule has 2 aromatic carbocycles. The van der Waals surface area contributed by atoms with Gasteiger partial charge >= 0.3 is 0 Å². The Labute approximate surface area is 153 Å². The van der Waals surface area contributed by atoms with Gasteiger partial charge in [-0.15, -0.1) is 11.8 Å². The zero-order valence-electron chi connectivity index (χ0n) is 14.5. The first-order valence-electron chi connectivity index (χ1n) is 8.35. The number of rotatable bonds is 6. The fourth-order valence-electron chi connectivity index (χ4n) is 2.50. The number of aliphatic hydroxyl groups is 2.